The summed E-state index contributed by atoms with van der Waals surface area (Å²) < 4.78 is 0. The number of thiazole rings is 1. The maximum Gasteiger partial charge on any atom is 0.161 e. The molecule has 0 aromatic carbocycles. The van der Waals surface area contributed by atoms with Gasteiger partial charge in [-0.1, -0.05) is 13.8 Å². The van der Waals surface area contributed by atoms with Gasteiger partial charge in [0.2, 0.25) is 0 Å². The quantitative estimate of drug-likeness (QED) is 0.725. The number of rotatable bonds is 6. The Morgan fingerprint density at radius 3 is 2.58 bits per heavy atom. The normalized spacial score (nSPS) is 12.1. The first-order valence-electron chi connectivity index (χ1n) is 8.19. The Balaban J connectivity index is 1.87. The fourth-order valence-corrected chi connectivity index (χ4v) is 3.21. The summed E-state index contributed by atoms with van der Waals surface area (Å²) in [6, 6.07) is 5.97. The first-order chi connectivity index (χ1) is 11.7. The lowest BCUT2D eigenvalue weighted by molar-refractivity contribution is 0.855. The van der Waals surface area contributed by atoms with Crippen LogP contribution in [0.25, 0.3) is 11.4 Å². The van der Waals surface area contributed by atoms with Gasteiger partial charge in [-0.15, -0.1) is 11.3 Å². The zero-order chi connectivity index (χ0) is 16.9. The van der Waals surface area contributed by atoms with E-state index in [1.165, 1.54) is 4.88 Å². The monoisotopic (exact) mass is 339 g/mol. The highest BCUT2D eigenvalue weighted by Crippen LogP contribution is 2.25. The lowest BCUT2D eigenvalue weighted by atomic mass is 10.2. The second kappa shape index (κ2) is 7.49. The third kappa shape index (κ3) is 3.76. The molecule has 0 bridgehead atoms. The van der Waals surface area contributed by atoms with E-state index in [9.17, 15) is 0 Å². The van der Waals surface area contributed by atoms with Crippen molar-refractivity contribution in [3.8, 4) is 11.4 Å². The molecule has 24 heavy (non-hydrogen) atoms. The molecule has 3 aromatic heterocycles. The summed E-state index contributed by atoms with van der Waals surface area (Å²) in [5.41, 5.74) is 1.98. The number of nitrogens with one attached hydrogen (secondary N) is 1. The number of hydrogen-bond acceptors (Lipinski definition) is 6. The Kier molecular flexibility index (Phi) is 5.15. The topological polar surface area (TPSA) is 63.6 Å². The summed E-state index contributed by atoms with van der Waals surface area (Å²) in [6.07, 6.45) is 7.35. The SMILES string of the molecule is CCc1cc(NC(C)c2ncc(CC)s2)nc(-c2ccncc2)n1. The van der Waals surface area contributed by atoms with E-state index < -0.39 is 0 Å². The van der Waals surface area contributed by atoms with Crippen molar-refractivity contribution in [3.63, 3.8) is 0 Å². The molecule has 0 fully saturated rings. The predicted octanol–water partition coefficient (Wildman–Crippen LogP) is 4.29. The maximum absolute atomic E-state index is 4.67. The van der Waals surface area contributed by atoms with Crippen LogP contribution in [0.1, 0.15) is 42.4 Å². The van der Waals surface area contributed by atoms with Crippen LogP contribution in [0.3, 0.4) is 0 Å². The number of aryl methyl sites for hydroxylation is 2. The summed E-state index contributed by atoms with van der Waals surface area (Å²) in [4.78, 5) is 19.2. The molecule has 3 aromatic rings. The van der Waals surface area contributed by atoms with Gasteiger partial charge in [-0.05, 0) is 31.9 Å². The Labute approximate surface area is 146 Å². The van der Waals surface area contributed by atoms with E-state index >= 15 is 0 Å². The Morgan fingerprint density at radius 2 is 1.92 bits per heavy atom. The number of anilines is 1. The Hall–Kier alpha value is -2.34. The van der Waals surface area contributed by atoms with Gasteiger partial charge in [0.15, 0.2) is 5.82 Å². The second-order valence-corrected chi connectivity index (χ2v) is 6.69. The first-order valence-corrected chi connectivity index (χ1v) is 9.00. The molecular formula is C18H21N5S. The van der Waals surface area contributed by atoms with Gasteiger partial charge in [-0.2, -0.15) is 0 Å². The number of nitrogens with zero attached hydrogens (tertiary/aromatic N) is 4. The molecule has 0 saturated heterocycles. The first kappa shape index (κ1) is 16.5. The zero-order valence-electron chi connectivity index (χ0n) is 14.2. The molecule has 3 heterocycles. The highest BCUT2D eigenvalue weighted by Gasteiger charge is 2.13. The van der Waals surface area contributed by atoms with Gasteiger partial charge in [-0.25, -0.2) is 15.0 Å². The van der Waals surface area contributed by atoms with Crippen LogP contribution in [0.5, 0.6) is 0 Å². The van der Waals surface area contributed by atoms with Gasteiger partial charge >= 0.3 is 0 Å². The molecule has 3 rings (SSSR count). The summed E-state index contributed by atoms with van der Waals surface area (Å²) >= 11 is 1.75. The molecule has 1 N–H and O–H groups in total. The minimum atomic E-state index is 0.111. The van der Waals surface area contributed by atoms with Crippen LogP contribution < -0.4 is 5.32 Å². The molecule has 1 atom stereocenters. The number of pyridine rings is 1. The molecule has 5 nitrogen and oxygen atoms in total. The highest BCUT2D eigenvalue weighted by molar-refractivity contribution is 7.11. The molecule has 0 aliphatic carbocycles. The molecule has 0 amide bonds. The number of aromatic nitrogens is 4. The fourth-order valence-electron chi connectivity index (χ4n) is 2.35. The van der Waals surface area contributed by atoms with Crippen LogP contribution in [-0.4, -0.2) is 19.9 Å². The van der Waals surface area contributed by atoms with Gasteiger partial charge < -0.3 is 5.32 Å². The van der Waals surface area contributed by atoms with Gasteiger partial charge in [0.05, 0.1) is 6.04 Å². The number of hydrogen-bond donors (Lipinski definition) is 1. The van der Waals surface area contributed by atoms with E-state index in [0.717, 1.165) is 40.7 Å². The van der Waals surface area contributed by atoms with E-state index in [1.807, 2.05) is 24.4 Å². The molecule has 1 unspecified atom stereocenters. The highest BCUT2D eigenvalue weighted by atomic mass is 32.1. The molecular weight excluding hydrogens is 318 g/mol. The van der Waals surface area contributed by atoms with Crippen molar-refractivity contribution in [1.82, 2.24) is 19.9 Å². The summed E-state index contributed by atoms with van der Waals surface area (Å²) in [7, 11) is 0. The van der Waals surface area contributed by atoms with E-state index in [2.05, 4.69) is 46.0 Å². The van der Waals surface area contributed by atoms with Crippen molar-refractivity contribution in [2.45, 2.75) is 39.7 Å². The third-order valence-electron chi connectivity index (χ3n) is 3.73. The second-order valence-electron chi connectivity index (χ2n) is 5.54. The van der Waals surface area contributed by atoms with E-state index in [-0.39, 0.29) is 6.04 Å². The largest absolute Gasteiger partial charge is 0.361 e. The van der Waals surface area contributed by atoms with Crippen LogP contribution >= 0.6 is 11.3 Å². The molecule has 0 radical (unpaired) electrons. The lowest BCUT2D eigenvalue weighted by Gasteiger charge is -2.14. The minimum absolute atomic E-state index is 0.111. The van der Waals surface area contributed by atoms with Crippen LogP contribution in [0.2, 0.25) is 0 Å². The fraction of sp³-hybridized carbons (Fsp3) is 0.333. The van der Waals surface area contributed by atoms with Crippen molar-refractivity contribution >= 4 is 17.2 Å². The molecule has 6 heteroatoms. The van der Waals surface area contributed by atoms with Gasteiger partial charge in [-0.3, -0.25) is 4.98 Å². The summed E-state index contributed by atoms with van der Waals surface area (Å²) in [5.74, 6) is 1.55. The molecule has 124 valence electrons. The van der Waals surface area contributed by atoms with Crippen LogP contribution in [-0.2, 0) is 12.8 Å². The average molecular weight is 339 g/mol. The van der Waals surface area contributed by atoms with Crippen LogP contribution in [0.15, 0.2) is 36.8 Å². The van der Waals surface area contributed by atoms with Gasteiger partial charge in [0.1, 0.15) is 10.8 Å². The van der Waals surface area contributed by atoms with Crippen molar-refractivity contribution in [1.29, 1.82) is 0 Å². The van der Waals surface area contributed by atoms with Crippen molar-refractivity contribution in [3.05, 3.63) is 52.4 Å². The zero-order valence-corrected chi connectivity index (χ0v) is 15.0. The molecule has 0 aliphatic heterocycles. The molecule has 0 aliphatic rings. The smallest absolute Gasteiger partial charge is 0.161 e. The van der Waals surface area contributed by atoms with Gasteiger partial charge in [0.25, 0.3) is 0 Å². The van der Waals surface area contributed by atoms with Crippen LogP contribution in [0.4, 0.5) is 5.82 Å². The van der Waals surface area contributed by atoms with Crippen molar-refractivity contribution < 1.29 is 0 Å². The van der Waals surface area contributed by atoms with E-state index in [1.54, 1.807) is 23.7 Å². The standard InChI is InChI=1S/C18H21N5S/c1-4-14-10-16(21-12(3)18-20-11-15(5-2)24-18)23-17(22-14)13-6-8-19-9-7-13/h6-12H,4-5H2,1-3H3,(H,21,22,23). The van der Waals surface area contributed by atoms with E-state index in [0.29, 0.717) is 0 Å². The van der Waals surface area contributed by atoms with E-state index in [4.69, 9.17) is 0 Å². The van der Waals surface area contributed by atoms with Crippen LogP contribution in [0, 0.1) is 0 Å². The maximum atomic E-state index is 4.67. The lowest BCUT2D eigenvalue weighted by Crippen LogP contribution is -2.09. The average Bonchev–Trinajstić information content (AvgIpc) is 3.11. The Bertz CT molecular complexity index is 800. The third-order valence-corrected chi connectivity index (χ3v) is 5.06. The Morgan fingerprint density at radius 1 is 1.12 bits per heavy atom. The molecule has 0 saturated carbocycles. The van der Waals surface area contributed by atoms with Crippen molar-refractivity contribution in [2.75, 3.05) is 5.32 Å². The summed E-state index contributed by atoms with van der Waals surface area (Å²) in [5, 5.41) is 4.54. The van der Waals surface area contributed by atoms with Gasteiger partial charge in [0, 0.05) is 40.8 Å². The minimum Gasteiger partial charge on any atom is -0.361 e. The van der Waals surface area contributed by atoms with Crippen molar-refractivity contribution in [2.24, 2.45) is 0 Å². The summed E-state index contributed by atoms with van der Waals surface area (Å²) in [6.45, 7) is 6.35. The predicted molar refractivity (Wildman–Crippen MR) is 98.2 cm³/mol. The molecule has 0 spiro atoms.